The van der Waals surface area contributed by atoms with Crippen LogP contribution in [0.4, 0.5) is 4.39 Å². The molecule has 3 heterocycles. The first kappa shape index (κ1) is 20.2. The van der Waals surface area contributed by atoms with Crippen molar-refractivity contribution in [2.24, 2.45) is 5.73 Å². The van der Waals surface area contributed by atoms with Crippen LogP contribution >= 0.6 is 11.3 Å². The van der Waals surface area contributed by atoms with Crippen LogP contribution in [0.1, 0.15) is 18.4 Å². The molecule has 2 aromatic carbocycles. The van der Waals surface area contributed by atoms with E-state index in [0.29, 0.717) is 28.1 Å². The molecule has 1 aliphatic rings. The number of benzene rings is 2. The minimum absolute atomic E-state index is 0.116. The van der Waals surface area contributed by atoms with Gasteiger partial charge in [-0.15, -0.1) is 11.3 Å². The number of nitrogens with one attached hydrogen (secondary N) is 1. The summed E-state index contributed by atoms with van der Waals surface area (Å²) >= 11 is 1.40. The monoisotopic (exact) mass is 437 g/mol. The van der Waals surface area contributed by atoms with Crippen LogP contribution in [-0.4, -0.2) is 36.1 Å². The number of thiophene rings is 1. The molecular formula is C24H24FN3O2S. The summed E-state index contributed by atoms with van der Waals surface area (Å²) in [4.78, 5) is 17.6. The third kappa shape index (κ3) is 3.63. The van der Waals surface area contributed by atoms with Gasteiger partial charge in [0, 0.05) is 46.5 Å². The molecule has 5 rings (SSSR count). The number of methoxy groups -OCH3 is 1. The van der Waals surface area contributed by atoms with Crippen LogP contribution < -0.4 is 16.0 Å². The highest BCUT2D eigenvalue weighted by molar-refractivity contribution is 7.17. The maximum atomic E-state index is 15.2. The largest absolute Gasteiger partial charge is 0.496 e. The number of piperidine rings is 1. The Morgan fingerprint density at radius 2 is 2.16 bits per heavy atom. The van der Waals surface area contributed by atoms with Crippen molar-refractivity contribution >= 4 is 32.3 Å². The summed E-state index contributed by atoms with van der Waals surface area (Å²) in [5, 5.41) is 3.61. The maximum Gasteiger partial charge on any atom is 0.266 e. The summed E-state index contributed by atoms with van der Waals surface area (Å²) < 4.78 is 21.5. The molecule has 0 saturated carbocycles. The van der Waals surface area contributed by atoms with Gasteiger partial charge in [0.15, 0.2) is 0 Å². The summed E-state index contributed by atoms with van der Waals surface area (Å²) in [7, 11) is 1.60. The normalized spacial score (nSPS) is 17.5. The van der Waals surface area contributed by atoms with Gasteiger partial charge in [0.05, 0.1) is 7.11 Å². The molecule has 7 heteroatoms. The zero-order valence-corrected chi connectivity index (χ0v) is 18.1. The van der Waals surface area contributed by atoms with E-state index < -0.39 is 0 Å². The zero-order valence-electron chi connectivity index (χ0n) is 17.3. The van der Waals surface area contributed by atoms with Crippen molar-refractivity contribution in [3.63, 3.8) is 0 Å². The number of nitrogens with two attached hydrogens (primary N) is 1. The third-order valence-electron chi connectivity index (χ3n) is 6.05. The van der Waals surface area contributed by atoms with E-state index in [4.69, 9.17) is 10.5 Å². The highest BCUT2D eigenvalue weighted by Gasteiger charge is 2.20. The Balaban J connectivity index is 1.63. The van der Waals surface area contributed by atoms with Gasteiger partial charge in [0.2, 0.25) is 0 Å². The quantitative estimate of drug-likeness (QED) is 0.494. The first-order valence-corrected chi connectivity index (χ1v) is 11.3. The molecule has 0 aliphatic carbocycles. The fraction of sp³-hybridized carbons (Fsp3) is 0.292. The van der Waals surface area contributed by atoms with Crippen LogP contribution in [0.25, 0.3) is 32.1 Å². The highest BCUT2D eigenvalue weighted by atomic mass is 32.1. The van der Waals surface area contributed by atoms with Crippen LogP contribution in [0.3, 0.4) is 0 Å². The van der Waals surface area contributed by atoms with Gasteiger partial charge >= 0.3 is 0 Å². The molecule has 1 atom stereocenters. The smallest absolute Gasteiger partial charge is 0.266 e. The molecule has 0 bridgehead atoms. The van der Waals surface area contributed by atoms with Crippen molar-refractivity contribution < 1.29 is 9.13 Å². The third-order valence-corrected chi connectivity index (χ3v) is 6.97. The number of halogens is 1. The Labute approximate surface area is 183 Å². The van der Waals surface area contributed by atoms with Gasteiger partial charge in [0.25, 0.3) is 5.56 Å². The Bertz CT molecular complexity index is 1330. The summed E-state index contributed by atoms with van der Waals surface area (Å²) in [6.45, 7) is 2.28. The van der Waals surface area contributed by atoms with E-state index in [1.54, 1.807) is 13.2 Å². The molecule has 160 valence electrons. The number of fused-ring (bicyclic) bond motifs is 3. The Kier molecular flexibility index (Phi) is 5.25. The van der Waals surface area contributed by atoms with Gasteiger partial charge in [-0.1, -0.05) is 12.1 Å². The second-order valence-electron chi connectivity index (χ2n) is 8.13. The van der Waals surface area contributed by atoms with E-state index in [1.165, 1.54) is 11.3 Å². The lowest BCUT2D eigenvalue weighted by Gasteiger charge is -2.30. The van der Waals surface area contributed by atoms with E-state index >= 15 is 4.39 Å². The van der Waals surface area contributed by atoms with E-state index in [2.05, 4.69) is 9.88 Å². The minimum Gasteiger partial charge on any atom is -0.496 e. The van der Waals surface area contributed by atoms with E-state index in [1.807, 2.05) is 35.7 Å². The number of rotatable bonds is 4. The highest BCUT2D eigenvalue weighted by Crippen LogP contribution is 2.40. The lowest BCUT2D eigenvalue weighted by Crippen LogP contribution is -2.42. The number of aromatic nitrogens is 1. The van der Waals surface area contributed by atoms with Gasteiger partial charge in [-0.25, -0.2) is 4.39 Å². The number of aromatic amines is 1. The molecule has 1 unspecified atom stereocenters. The second kappa shape index (κ2) is 8.07. The number of hydrogen-bond acceptors (Lipinski definition) is 5. The van der Waals surface area contributed by atoms with Crippen LogP contribution in [0.5, 0.6) is 5.75 Å². The molecule has 0 spiro atoms. The predicted molar refractivity (Wildman–Crippen MR) is 124 cm³/mol. The first-order valence-electron chi connectivity index (χ1n) is 10.4. The van der Waals surface area contributed by atoms with Crippen molar-refractivity contribution in [1.82, 2.24) is 9.88 Å². The SMILES string of the molecule is COc1ccc2[nH]c(=O)c3sccc3c2c1-c1ccc(CN2CCCC(N)C2)c(F)c1. The number of pyridine rings is 1. The number of H-pyrrole nitrogens is 1. The van der Waals surface area contributed by atoms with Crippen LogP contribution in [-0.2, 0) is 6.54 Å². The fourth-order valence-electron chi connectivity index (χ4n) is 4.59. The Hall–Kier alpha value is -2.74. The van der Waals surface area contributed by atoms with Gasteiger partial charge < -0.3 is 15.5 Å². The van der Waals surface area contributed by atoms with E-state index in [0.717, 1.165) is 47.8 Å². The summed E-state index contributed by atoms with van der Waals surface area (Å²) in [6, 6.07) is 11.1. The van der Waals surface area contributed by atoms with Crippen molar-refractivity contribution in [1.29, 1.82) is 0 Å². The first-order chi connectivity index (χ1) is 15.0. The number of likely N-dealkylation sites (tertiary alicyclic amines) is 1. The van der Waals surface area contributed by atoms with Gasteiger partial charge in [0.1, 0.15) is 16.3 Å². The number of nitrogens with zero attached hydrogens (tertiary/aromatic N) is 1. The molecule has 2 aromatic heterocycles. The van der Waals surface area contributed by atoms with E-state index in [-0.39, 0.29) is 17.4 Å². The Morgan fingerprint density at radius 1 is 1.29 bits per heavy atom. The molecule has 3 N–H and O–H groups in total. The standard InChI is InChI=1S/C24H24FN3O2S/c1-30-20-7-6-19-22(17-8-10-31-23(17)24(29)27-19)21(20)14-4-5-15(18(25)11-14)12-28-9-2-3-16(26)13-28/h4-8,10-11,16H,2-3,9,12-13,26H2,1H3,(H,27,29). The lowest BCUT2D eigenvalue weighted by atomic mass is 9.96. The molecule has 31 heavy (non-hydrogen) atoms. The van der Waals surface area contributed by atoms with E-state index in [9.17, 15) is 4.79 Å². The number of ether oxygens (including phenoxy) is 1. The van der Waals surface area contributed by atoms with Crippen molar-refractivity contribution in [3.05, 3.63) is 63.5 Å². The summed E-state index contributed by atoms with van der Waals surface area (Å²) in [5.41, 5.74) is 8.83. The van der Waals surface area contributed by atoms with Crippen molar-refractivity contribution in [2.45, 2.75) is 25.4 Å². The fourth-order valence-corrected chi connectivity index (χ4v) is 5.39. The van der Waals surface area contributed by atoms with Gasteiger partial charge in [-0.05, 0) is 54.6 Å². The predicted octanol–water partition coefficient (Wildman–Crippen LogP) is 4.48. The number of hydrogen-bond donors (Lipinski definition) is 2. The van der Waals surface area contributed by atoms with Gasteiger partial charge in [-0.2, -0.15) is 0 Å². The average molecular weight is 438 g/mol. The molecule has 1 aliphatic heterocycles. The van der Waals surface area contributed by atoms with Gasteiger partial charge in [-0.3, -0.25) is 9.69 Å². The van der Waals surface area contributed by atoms with Crippen molar-refractivity contribution in [2.75, 3.05) is 20.2 Å². The molecule has 1 fully saturated rings. The molecule has 0 amide bonds. The molecule has 1 saturated heterocycles. The topological polar surface area (TPSA) is 71.4 Å². The molecule has 0 radical (unpaired) electrons. The maximum absolute atomic E-state index is 15.2. The minimum atomic E-state index is -0.248. The molecular weight excluding hydrogens is 413 g/mol. The lowest BCUT2D eigenvalue weighted by molar-refractivity contribution is 0.199. The van der Waals surface area contributed by atoms with Crippen LogP contribution in [0.15, 0.2) is 46.6 Å². The zero-order chi connectivity index (χ0) is 21.5. The van der Waals surface area contributed by atoms with Crippen molar-refractivity contribution in [3.8, 4) is 16.9 Å². The van der Waals surface area contributed by atoms with Crippen LogP contribution in [0.2, 0.25) is 0 Å². The average Bonchev–Trinajstić information content (AvgIpc) is 3.25. The Morgan fingerprint density at radius 3 is 2.94 bits per heavy atom. The van der Waals surface area contributed by atoms with Crippen LogP contribution in [0, 0.1) is 5.82 Å². The molecule has 5 nitrogen and oxygen atoms in total. The summed E-state index contributed by atoms with van der Waals surface area (Å²) in [6.07, 6.45) is 2.07. The second-order valence-corrected chi connectivity index (χ2v) is 9.04. The molecule has 4 aromatic rings. The summed E-state index contributed by atoms with van der Waals surface area (Å²) in [5.74, 6) is 0.392.